The number of aryl methyl sites for hydroxylation is 1. The second-order valence-electron chi connectivity index (χ2n) is 3.74. The second kappa shape index (κ2) is 3.88. The zero-order valence-electron chi connectivity index (χ0n) is 8.75. The van der Waals surface area contributed by atoms with Crippen LogP contribution in [0.1, 0.15) is 12.1 Å². The van der Waals surface area contributed by atoms with Crippen LogP contribution in [0.3, 0.4) is 0 Å². The highest BCUT2D eigenvalue weighted by Crippen LogP contribution is 2.21. The first-order valence-corrected chi connectivity index (χ1v) is 4.91. The van der Waals surface area contributed by atoms with Gasteiger partial charge in [0.2, 0.25) is 11.9 Å². The minimum absolute atomic E-state index is 0.0205. The number of hydrogen-bond donors (Lipinski definition) is 1. The van der Waals surface area contributed by atoms with Crippen molar-refractivity contribution in [2.24, 2.45) is 5.92 Å². The highest BCUT2D eigenvalue weighted by Gasteiger charge is 2.36. The summed E-state index contributed by atoms with van der Waals surface area (Å²) in [4.78, 5) is 31.7. The second-order valence-corrected chi connectivity index (χ2v) is 3.74. The Balaban J connectivity index is 2.23. The highest BCUT2D eigenvalue weighted by molar-refractivity contribution is 5.97. The van der Waals surface area contributed by atoms with E-state index in [4.69, 9.17) is 5.11 Å². The number of aromatic nitrogens is 2. The number of carbonyl (C=O) groups is 2. The molecule has 6 nitrogen and oxygen atoms in total. The number of rotatable bonds is 2. The van der Waals surface area contributed by atoms with Gasteiger partial charge in [0.1, 0.15) is 0 Å². The predicted molar refractivity (Wildman–Crippen MR) is 54.9 cm³/mol. The van der Waals surface area contributed by atoms with Crippen molar-refractivity contribution in [2.45, 2.75) is 13.3 Å². The normalized spacial score (nSPS) is 20.2. The van der Waals surface area contributed by atoms with Gasteiger partial charge < -0.3 is 5.11 Å². The maximum atomic E-state index is 11.6. The molecule has 2 heterocycles. The molecule has 1 aromatic heterocycles. The molecule has 1 aliphatic heterocycles. The summed E-state index contributed by atoms with van der Waals surface area (Å²) in [6.45, 7) is 1.94. The van der Waals surface area contributed by atoms with Crippen molar-refractivity contribution >= 4 is 17.8 Å². The zero-order chi connectivity index (χ0) is 11.7. The largest absolute Gasteiger partial charge is 0.481 e. The molecule has 0 bridgehead atoms. The number of amides is 1. The topological polar surface area (TPSA) is 83.4 Å². The van der Waals surface area contributed by atoms with Crippen LogP contribution in [-0.4, -0.2) is 33.5 Å². The summed E-state index contributed by atoms with van der Waals surface area (Å²) in [5, 5.41) is 8.83. The molecule has 1 N–H and O–H groups in total. The standard InChI is InChI=1S/C10H11N3O3/c1-6-2-3-11-10(12-6)13-5-7(9(15)16)4-8(13)14/h2-3,7H,4-5H2,1H3,(H,15,16). The van der Waals surface area contributed by atoms with Crippen LogP contribution in [0.25, 0.3) is 0 Å². The summed E-state index contributed by atoms with van der Waals surface area (Å²) >= 11 is 0. The van der Waals surface area contributed by atoms with E-state index in [0.29, 0.717) is 0 Å². The molecule has 1 saturated heterocycles. The van der Waals surface area contributed by atoms with Gasteiger partial charge in [-0.1, -0.05) is 0 Å². The highest BCUT2D eigenvalue weighted by atomic mass is 16.4. The Bertz CT molecular complexity index is 447. The van der Waals surface area contributed by atoms with Crippen LogP contribution < -0.4 is 4.90 Å². The molecule has 1 aliphatic rings. The predicted octanol–water partition coefficient (Wildman–Crippen LogP) is 0.223. The third-order valence-electron chi connectivity index (χ3n) is 2.50. The van der Waals surface area contributed by atoms with Crippen molar-refractivity contribution in [3.8, 4) is 0 Å². The van der Waals surface area contributed by atoms with Gasteiger partial charge in [-0.2, -0.15) is 0 Å². The Morgan fingerprint density at radius 1 is 1.62 bits per heavy atom. The Hall–Kier alpha value is -1.98. The molecule has 0 spiro atoms. The van der Waals surface area contributed by atoms with Crippen LogP contribution in [0.4, 0.5) is 5.95 Å². The zero-order valence-corrected chi connectivity index (χ0v) is 8.75. The Labute approximate surface area is 91.9 Å². The Morgan fingerprint density at radius 2 is 2.38 bits per heavy atom. The Kier molecular flexibility index (Phi) is 2.55. The van der Waals surface area contributed by atoms with Crippen LogP contribution in [0.5, 0.6) is 0 Å². The summed E-state index contributed by atoms with van der Waals surface area (Å²) in [5.74, 6) is -1.56. The number of hydrogen-bond acceptors (Lipinski definition) is 4. The first-order chi connectivity index (χ1) is 7.58. The van der Waals surface area contributed by atoms with E-state index in [1.807, 2.05) is 0 Å². The van der Waals surface area contributed by atoms with Crippen molar-refractivity contribution in [2.75, 3.05) is 11.4 Å². The van der Waals surface area contributed by atoms with Crippen LogP contribution in [0.2, 0.25) is 0 Å². The van der Waals surface area contributed by atoms with Crippen LogP contribution in [0, 0.1) is 12.8 Å². The third kappa shape index (κ3) is 1.86. The lowest BCUT2D eigenvalue weighted by atomic mass is 10.1. The number of aliphatic carboxylic acids is 1. The lowest BCUT2D eigenvalue weighted by molar-refractivity contribution is -0.141. The lowest BCUT2D eigenvalue weighted by Gasteiger charge is -2.13. The van der Waals surface area contributed by atoms with Crippen LogP contribution in [-0.2, 0) is 9.59 Å². The number of carboxylic acids is 1. The van der Waals surface area contributed by atoms with Gasteiger partial charge in [-0.25, -0.2) is 9.97 Å². The molecule has 84 valence electrons. The van der Waals surface area contributed by atoms with Crippen LogP contribution in [0.15, 0.2) is 12.3 Å². The molecule has 0 aliphatic carbocycles. The molecule has 1 unspecified atom stereocenters. The molecule has 0 radical (unpaired) electrons. The molecule has 2 rings (SSSR count). The van der Waals surface area contributed by atoms with Crippen LogP contribution >= 0.6 is 0 Å². The molecule has 1 amide bonds. The van der Waals surface area contributed by atoms with E-state index in [9.17, 15) is 9.59 Å². The number of carboxylic acid groups (broad SMARTS) is 1. The fraction of sp³-hybridized carbons (Fsp3) is 0.400. The van der Waals surface area contributed by atoms with Gasteiger partial charge in [-0.05, 0) is 13.0 Å². The molecular weight excluding hydrogens is 210 g/mol. The summed E-state index contributed by atoms with van der Waals surface area (Å²) in [5.41, 5.74) is 0.747. The van der Waals surface area contributed by atoms with Gasteiger partial charge in [0.25, 0.3) is 0 Å². The van der Waals surface area contributed by atoms with Crippen molar-refractivity contribution in [3.63, 3.8) is 0 Å². The van der Waals surface area contributed by atoms with Gasteiger partial charge in [0.05, 0.1) is 5.92 Å². The molecule has 0 aromatic carbocycles. The maximum Gasteiger partial charge on any atom is 0.308 e. The molecule has 1 aromatic rings. The third-order valence-corrected chi connectivity index (χ3v) is 2.50. The smallest absolute Gasteiger partial charge is 0.308 e. The van der Waals surface area contributed by atoms with Gasteiger partial charge in [0, 0.05) is 24.9 Å². The fourth-order valence-corrected chi connectivity index (χ4v) is 1.63. The first-order valence-electron chi connectivity index (χ1n) is 4.91. The number of carbonyl (C=O) groups excluding carboxylic acids is 1. The SMILES string of the molecule is Cc1ccnc(N2CC(C(=O)O)CC2=O)n1. The maximum absolute atomic E-state index is 11.6. The van der Waals surface area contributed by atoms with Gasteiger partial charge in [0.15, 0.2) is 0 Å². The molecule has 16 heavy (non-hydrogen) atoms. The average Bonchev–Trinajstić information content (AvgIpc) is 2.60. The Morgan fingerprint density at radius 3 is 2.94 bits per heavy atom. The van der Waals surface area contributed by atoms with Crippen molar-refractivity contribution in [1.29, 1.82) is 0 Å². The summed E-state index contributed by atoms with van der Waals surface area (Å²) in [6.07, 6.45) is 1.58. The van der Waals surface area contributed by atoms with Crippen molar-refractivity contribution in [1.82, 2.24) is 9.97 Å². The van der Waals surface area contributed by atoms with E-state index in [1.54, 1.807) is 19.2 Å². The van der Waals surface area contributed by atoms with E-state index in [1.165, 1.54) is 4.90 Å². The molecular formula is C10H11N3O3. The van der Waals surface area contributed by atoms with Crippen molar-refractivity contribution < 1.29 is 14.7 Å². The summed E-state index contributed by atoms with van der Waals surface area (Å²) in [6, 6.07) is 1.72. The summed E-state index contributed by atoms with van der Waals surface area (Å²) in [7, 11) is 0. The molecule has 1 fully saturated rings. The van der Waals surface area contributed by atoms with Crippen molar-refractivity contribution in [3.05, 3.63) is 18.0 Å². The number of nitrogens with zero attached hydrogens (tertiary/aromatic N) is 3. The lowest BCUT2D eigenvalue weighted by Crippen LogP contribution is -2.27. The fourth-order valence-electron chi connectivity index (χ4n) is 1.63. The van der Waals surface area contributed by atoms with Gasteiger partial charge in [-0.15, -0.1) is 0 Å². The minimum atomic E-state index is -0.955. The average molecular weight is 221 g/mol. The molecule has 0 saturated carbocycles. The summed E-state index contributed by atoms with van der Waals surface area (Å²) < 4.78 is 0. The molecule has 1 atom stereocenters. The van der Waals surface area contributed by atoms with Gasteiger partial charge >= 0.3 is 5.97 Å². The van der Waals surface area contributed by atoms with E-state index in [2.05, 4.69) is 9.97 Å². The monoisotopic (exact) mass is 221 g/mol. The molecule has 6 heteroatoms. The van der Waals surface area contributed by atoms with E-state index in [-0.39, 0.29) is 24.8 Å². The van der Waals surface area contributed by atoms with Gasteiger partial charge in [-0.3, -0.25) is 14.5 Å². The van der Waals surface area contributed by atoms with E-state index in [0.717, 1.165) is 5.69 Å². The van der Waals surface area contributed by atoms with E-state index < -0.39 is 11.9 Å². The first kappa shape index (κ1) is 10.5. The van der Waals surface area contributed by atoms with E-state index >= 15 is 0 Å². The minimum Gasteiger partial charge on any atom is -0.481 e. The number of anilines is 1. The quantitative estimate of drug-likeness (QED) is 0.772.